The van der Waals surface area contributed by atoms with E-state index in [1.165, 1.54) is 7.05 Å². The number of fused-ring (bicyclic) bond motifs is 6. The van der Waals surface area contributed by atoms with E-state index in [1.54, 1.807) is 36.4 Å². The van der Waals surface area contributed by atoms with Crippen molar-refractivity contribution in [1.82, 2.24) is 9.80 Å². The standard InChI is InChI=1S/C17H15F3N2O2/c1-21-13-11-8-7-9-5-3-4-6-10(9)12(11)16(13,17(18,19)20)14(23)22(2)15(21)24/h3-8,11-13H,1-2H3/t11-,12+,13-,16-/m1/s1. The fraction of sp³-hybridized carbons (Fsp3) is 0.412. The summed E-state index contributed by atoms with van der Waals surface area (Å²) < 4.78 is 42.6. The largest absolute Gasteiger partial charge is 0.405 e. The maximum Gasteiger partial charge on any atom is 0.405 e. The lowest BCUT2D eigenvalue weighted by atomic mass is 9.44. The van der Waals surface area contributed by atoms with Crippen molar-refractivity contribution >= 4 is 18.0 Å². The van der Waals surface area contributed by atoms with Gasteiger partial charge >= 0.3 is 12.2 Å². The van der Waals surface area contributed by atoms with Crippen LogP contribution in [0.3, 0.4) is 0 Å². The molecule has 126 valence electrons. The predicted octanol–water partition coefficient (Wildman–Crippen LogP) is 2.87. The first-order valence-corrected chi connectivity index (χ1v) is 7.61. The summed E-state index contributed by atoms with van der Waals surface area (Å²) in [4.78, 5) is 26.5. The Morgan fingerprint density at radius 2 is 1.79 bits per heavy atom. The van der Waals surface area contributed by atoms with Gasteiger partial charge in [0.25, 0.3) is 0 Å². The molecule has 0 spiro atoms. The number of urea groups is 1. The molecule has 2 aliphatic carbocycles. The number of halogens is 3. The molecule has 0 aromatic heterocycles. The highest BCUT2D eigenvalue weighted by molar-refractivity contribution is 6.03. The summed E-state index contributed by atoms with van der Waals surface area (Å²) in [5, 5.41) is 0. The van der Waals surface area contributed by atoms with Gasteiger partial charge in [-0.3, -0.25) is 9.69 Å². The molecule has 0 unspecified atom stereocenters. The average molecular weight is 336 g/mol. The summed E-state index contributed by atoms with van der Waals surface area (Å²) in [5.41, 5.74) is -1.38. The van der Waals surface area contributed by atoms with Gasteiger partial charge in [-0.1, -0.05) is 36.4 Å². The van der Waals surface area contributed by atoms with Crippen molar-refractivity contribution in [2.45, 2.75) is 18.1 Å². The van der Waals surface area contributed by atoms with Gasteiger partial charge in [-0.2, -0.15) is 13.2 Å². The molecule has 0 N–H and O–H groups in total. The van der Waals surface area contributed by atoms with E-state index in [-0.39, 0.29) is 0 Å². The summed E-state index contributed by atoms with van der Waals surface area (Å²) in [7, 11) is 2.45. The second kappa shape index (κ2) is 4.40. The monoisotopic (exact) mass is 336 g/mol. The van der Waals surface area contributed by atoms with Gasteiger partial charge in [0.2, 0.25) is 5.91 Å². The Morgan fingerprint density at radius 1 is 1.12 bits per heavy atom. The van der Waals surface area contributed by atoms with E-state index in [9.17, 15) is 22.8 Å². The number of carbonyl (C=O) groups is 2. The van der Waals surface area contributed by atoms with Crippen LogP contribution in [0.5, 0.6) is 0 Å². The fourth-order valence-corrected chi connectivity index (χ4v) is 4.69. The minimum Gasteiger partial charge on any atom is -0.322 e. The van der Waals surface area contributed by atoms with Crippen molar-refractivity contribution in [2.24, 2.45) is 11.3 Å². The van der Waals surface area contributed by atoms with Crippen LogP contribution in [0.4, 0.5) is 18.0 Å². The number of alkyl halides is 3. The predicted molar refractivity (Wildman–Crippen MR) is 79.9 cm³/mol. The van der Waals surface area contributed by atoms with Crippen LogP contribution in [-0.4, -0.2) is 48.1 Å². The van der Waals surface area contributed by atoms with Gasteiger partial charge in [-0.05, 0) is 11.1 Å². The van der Waals surface area contributed by atoms with E-state index in [2.05, 4.69) is 0 Å². The quantitative estimate of drug-likeness (QED) is 0.731. The van der Waals surface area contributed by atoms with Crippen LogP contribution in [-0.2, 0) is 4.79 Å². The van der Waals surface area contributed by atoms with Gasteiger partial charge in [-0.15, -0.1) is 0 Å². The van der Waals surface area contributed by atoms with Crippen LogP contribution in [0.15, 0.2) is 30.3 Å². The number of hydrogen-bond acceptors (Lipinski definition) is 2. The lowest BCUT2D eigenvalue weighted by Crippen LogP contribution is -2.80. The molecule has 3 amide bonds. The highest BCUT2D eigenvalue weighted by Crippen LogP contribution is 2.69. The molecule has 0 bridgehead atoms. The Morgan fingerprint density at radius 3 is 2.46 bits per heavy atom. The van der Waals surface area contributed by atoms with E-state index < -0.39 is 41.4 Å². The minimum absolute atomic E-state index is 0.517. The second-order valence-electron chi connectivity index (χ2n) is 6.61. The van der Waals surface area contributed by atoms with Gasteiger partial charge in [0, 0.05) is 25.9 Å². The molecule has 1 aromatic rings. The molecule has 1 saturated heterocycles. The zero-order chi connectivity index (χ0) is 17.4. The normalized spacial score (nSPS) is 34.5. The third-order valence-electron chi connectivity index (χ3n) is 5.67. The van der Waals surface area contributed by atoms with Crippen molar-refractivity contribution in [3.8, 4) is 0 Å². The van der Waals surface area contributed by atoms with Crippen LogP contribution in [0.25, 0.3) is 6.08 Å². The number of nitrogens with zero attached hydrogens (tertiary/aromatic N) is 2. The first-order chi connectivity index (χ1) is 11.2. The number of rotatable bonds is 0. The summed E-state index contributed by atoms with van der Waals surface area (Å²) in [6.45, 7) is 0. The molecule has 1 aliphatic heterocycles. The number of hydrogen-bond donors (Lipinski definition) is 0. The molecule has 4 atom stereocenters. The molecule has 1 saturated carbocycles. The smallest absolute Gasteiger partial charge is 0.322 e. The lowest BCUT2D eigenvalue weighted by Gasteiger charge is -2.65. The number of carbonyl (C=O) groups excluding carboxylic acids is 2. The number of imide groups is 1. The maximum absolute atomic E-state index is 14.2. The first kappa shape index (κ1) is 15.2. The van der Waals surface area contributed by atoms with Crippen molar-refractivity contribution in [3.63, 3.8) is 0 Å². The fourth-order valence-electron chi connectivity index (χ4n) is 4.69. The van der Waals surface area contributed by atoms with Crippen LogP contribution < -0.4 is 0 Å². The summed E-state index contributed by atoms with van der Waals surface area (Å²) >= 11 is 0. The average Bonchev–Trinajstić information content (AvgIpc) is 2.51. The van der Waals surface area contributed by atoms with E-state index in [1.807, 2.05) is 0 Å². The molecule has 1 heterocycles. The van der Waals surface area contributed by atoms with Gasteiger partial charge in [-0.25, -0.2) is 4.79 Å². The Bertz CT molecular complexity index is 788. The molecule has 0 radical (unpaired) electrons. The number of amides is 3. The van der Waals surface area contributed by atoms with E-state index in [0.717, 1.165) is 11.9 Å². The molecule has 4 nitrogen and oxygen atoms in total. The maximum atomic E-state index is 14.2. The Kier molecular flexibility index (Phi) is 2.79. The van der Waals surface area contributed by atoms with Crippen molar-refractivity contribution in [3.05, 3.63) is 41.5 Å². The highest BCUT2D eigenvalue weighted by atomic mass is 19.4. The molecule has 2 fully saturated rings. The number of benzene rings is 1. The van der Waals surface area contributed by atoms with Gasteiger partial charge in [0.05, 0.1) is 6.04 Å². The Labute approximate surface area is 136 Å². The van der Waals surface area contributed by atoms with Crippen LogP contribution in [0.2, 0.25) is 0 Å². The first-order valence-electron chi connectivity index (χ1n) is 7.61. The molecule has 24 heavy (non-hydrogen) atoms. The highest BCUT2D eigenvalue weighted by Gasteiger charge is 2.82. The molecule has 4 rings (SSSR count). The zero-order valence-corrected chi connectivity index (χ0v) is 13.0. The molecular formula is C17H15F3N2O2. The van der Waals surface area contributed by atoms with Crippen molar-refractivity contribution in [2.75, 3.05) is 14.1 Å². The van der Waals surface area contributed by atoms with E-state index >= 15 is 0 Å². The van der Waals surface area contributed by atoms with Crippen LogP contribution >= 0.6 is 0 Å². The summed E-state index contributed by atoms with van der Waals surface area (Å²) in [5.74, 6) is -2.68. The van der Waals surface area contributed by atoms with Gasteiger partial charge in [0.1, 0.15) is 0 Å². The third kappa shape index (κ3) is 1.46. The summed E-state index contributed by atoms with van der Waals surface area (Å²) in [6, 6.07) is 4.91. The molecular weight excluding hydrogens is 321 g/mol. The van der Waals surface area contributed by atoms with Crippen molar-refractivity contribution < 1.29 is 22.8 Å². The Hall–Kier alpha value is -2.31. The molecule has 1 aromatic carbocycles. The van der Waals surface area contributed by atoms with Gasteiger partial charge < -0.3 is 4.90 Å². The second-order valence-corrected chi connectivity index (χ2v) is 6.61. The van der Waals surface area contributed by atoms with Crippen LogP contribution in [0.1, 0.15) is 17.0 Å². The third-order valence-corrected chi connectivity index (χ3v) is 5.67. The summed E-state index contributed by atoms with van der Waals surface area (Å²) in [6.07, 6.45) is -1.28. The topological polar surface area (TPSA) is 40.6 Å². The Balaban J connectivity index is 1.97. The lowest BCUT2D eigenvalue weighted by molar-refractivity contribution is -0.289. The van der Waals surface area contributed by atoms with E-state index in [0.29, 0.717) is 16.0 Å². The van der Waals surface area contributed by atoms with Crippen molar-refractivity contribution in [1.29, 1.82) is 0 Å². The zero-order valence-electron chi connectivity index (χ0n) is 13.0. The molecule has 3 aliphatic rings. The van der Waals surface area contributed by atoms with E-state index in [4.69, 9.17) is 0 Å². The molecule has 7 heteroatoms. The van der Waals surface area contributed by atoms with Crippen LogP contribution in [0, 0.1) is 11.3 Å². The SMILES string of the molecule is CN1C(=O)N(C)[C@@H]2[C@@H]3C=Cc4ccccc4[C@@H]3[C@]2(C(F)(F)F)C1=O. The minimum atomic E-state index is -4.75. The van der Waals surface area contributed by atoms with Gasteiger partial charge in [0.15, 0.2) is 5.41 Å².